The third-order valence-corrected chi connectivity index (χ3v) is 3.59. The summed E-state index contributed by atoms with van der Waals surface area (Å²) >= 11 is 6.00. The minimum Gasteiger partial charge on any atom is -0.329 e. The number of nitrogens with zero attached hydrogens (tertiary/aromatic N) is 1. The van der Waals surface area contributed by atoms with Gasteiger partial charge in [-0.15, -0.1) is 0 Å². The summed E-state index contributed by atoms with van der Waals surface area (Å²) in [5.41, 5.74) is 7.12. The van der Waals surface area contributed by atoms with E-state index >= 15 is 0 Å². The van der Waals surface area contributed by atoms with E-state index in [1.807, 2.05) is 18.2 Å². The van der Waals surface area contributed by atoms with Crippen molar-refractivity contribution in [1.29, 1.82) is 0 Å². The molecule has 0 heterocycles. The fourth-order valence-electron chi connectivity index (χ4n) is 2.20. The lowest BCUT2D eigenvalue weighted by atomic mass is 10.1. The van der Waals surface area contributed by atoms with Crippen LogP contribution in [-0.4, -0.2) is 24.5 Å². The van der Waals surface area contributed by atoms with Crippen molar-refractivity contribution < 1.29 is 0 Å². The first-order valence-corrected chi connectivity index (χ1v) is 7.20. The Morgan fingerprint density at radius 2 is 2.11 bits per heavy atom. The number of nitrogens with two attached hydrogens (primary N) is 1. The standard InChI is InChI=1S/C15H25ClN2/c1-3-4-5-9-15(11-17)18(2)12-13-7-6-8-14(16)10-13/h6-8,10,15H,3-5,9,11-12,17H2,1-2H3. The summed E-state index contributed by atoms with van der Waals surface area (Å²) in [5.74, 6) is 0. The second-order valence-corrected chi connectivity index (χ2v) is 5.37. The van der Waals surface area contributed by atoms with Crippen LogP contribution in [0.5, 0.6) is 0 Å². The van der Waals surface area contributed by atoms with Gasteiger partial charge in [0.05, 0.1) is 0 Å². The van der Waals surface area contributed by atoms with E-state index in [4.69, 9.17) is 17.3 Å². The third-order valence-electron chi connectivity index (χ3n) is 3.36. The predicted octanol–water partition coefficient (Wildman–Crippen LogP) is 3.68. The van der Waals surface area contributed by atoms with Gasteiger partial charge in [-0.1, -0.05) is 49.9 Å². The van der Waals surface area contributed by atoms with Gasteiger partial charge in [-0.05, 0) is 31.2 Å². The zero-order valence-electron chi connectivity index (χ0n) is 11.5. The molecule has 18 heavy (non-hydrogen) atoms. The topological polar surface area (TPSA) is 29.3 Å². The summed E-state index contributed by atoms with van der Waals surface area (Å²) in [4.78, 5) is 2.33. The molecule has 102 valence electrons. The van der Waals surface area contributed by atoms with E-state index in [1.165, 1.54) is 31.2 Å². The first kappa shape index (κ1) is 15.5. The van der Waals surface area contributed by atoms with Crippen LogP contribution >= 0.6 is 11.6 Å². The Hall–Kier alpha value is -0.570. The van der Waals surface area contributed by atoms with Crippen molar-refractivity contribution in [3.63, 3.8) is 0 Å². The number of hydrogen-bond acceptors (Lipinski definition) is 2. The van der Waals surface area contributed by atoms with Gasteiger partial charge in [0.1, 0.15) is 0 Å². The largest absolute Gasteiger partial charge is 0.329 e. The monoisotopic (exact) mass is 268 g/mol. The van der Waals surface area contributed by atoms with E-state index in [1.54, 1.807) is 0 Å². The highest BCUT2D eigenvalue weighted by atomic mass is 35.5. The second-order valence-electron chi connectivity index (χ2n) is 4.93. The van der Waals surface area contributed by atoms with Crippen molar-refractivity contribution in [1.82, 2.24) is 4.90 Å². The molecule has 0 saturated heterocycles. The highest BCUT2D eigenvalue weighted by Gasteiger charge is 2.12. The van der Waals surface area contributed by atoms with Gasteiger partial charge in [0.15, 0.2) is 0 Å². The first-order chi connectivity index (χ1) is 8.67. The molecule has 0 aliphatic carbocycles. The summed E-state index contributed by atoms with van der Waals surface area (Å²) in [7, 11) is 2.14. The average Bonchev–Trinajstić information content (AvgIpc) is 2.34. The van der Waals surface area contributed by atoms with Crippen LogP contribution in [0.2, 0.25) is 5.02 Å². The van der Waals surface area contributed by atoms with E-state index in [2.05, 4.69) is 24.9 Å². The molecular formula is C15H25ClN2. The van der Waals surface area contributed by atoms with Gasteiger partial charge < -0.3 is 5.73 Å². The number of likely N-dealkylation sites (N-methyl/N-ethyl adjacent to an activating group) is 1. The van der Waals surface area contributed by atoms with Crippen molar-refractivity contribution in [2.75, 3.05) is 13.6 Å². The van der Waals surface area contributed by atoms with Gasteiger partial charge in [-0.2, -0.15) is 0 Å². The molecule has 2 N–H and O–H groups in total. The van der Waals surface area contributed by atoms with Crippen molar-refractivity contribution in [3.8, 4) is 0 Å². The summed E-state index contributed by atoms with van der Waals surface area (Å²) in [6.07, 6.45) is 5.00. The van der Waals surface area contributed by atoms with Crippen LogP contribution in [-0.2, 0) is 6.54 Å². The van der Waals surface area contributed by atoms with Gasteiger partial charge in [-0.25, -0.2) is 0 Å². The number of rotatable bonds is 8. The Bertz CT molecular complexity index is 341. The number of unbranched alkanes of at least 4 members (excludes halogenated alkanes) is 2. The normalized spacial score (nSPS) is 12.9. The predicted molar refractivity (Wildman–Crippen MR) is 79.9 cm³/mol. The Labute approximate surface area is 116 Å². The molecule has 0 radical (unpaired) electrons. The van der Waals surface area contributed by atoms with E-state index in [-0.39, 0.29) is 0 Å². The van der Waals surface area contributed by atoms with Crippen molar-refractivity contribution in [2.24, 2.45) is 5.73 Å². The van der Waals surface area contributed by atoms with Gasteiger partial charge in [-0.3, -0.25) is 4.90 Å². The number of benzene rings is 1. The fraction of sp³-hybridized carbons (Fsp3) is 0.600. The third kappa shape index (κ3) is 5.38. The average molecular weight is 269 g/mol. The van der Waals surface area contributed by atoms with Crippen LogP contribution in [0.4, 0.5) is 0 Å². The smallest absolute Gasteiger partial charge is 0.0409 e. The van der Waals surface area contributed by atoms with Crippen LogP contribution in [0.25, 0.3) is 0 Å². The maximum absolute atomic E-state index is 6.00. The minimum absolute atomic E-state index is 0.468. The molecule has 1 unspecified atom stereocenters. The van der Waals surface area contributed by atoms with Gasteiger partial charge >= 0.3 is 0 Å². The molecule has 1 aromatic carbocycles. The summed E-state index contributed by atoms with van der Waals surface area (Å²) < 4.78 is 0. The number of halogens is 1. The van der Waals surface area contributed by atoms with Crippen LogP contribution in [0.3, 0.4) is 0 Å². The maximum atomic E-state index is 6.00. The van der Waals surface area contributed by atoms with Crippen molar-refractivity contribution >= 4 is 11.6 Å². The fourth-order valence-corrected chi connectivity index (χ4v) is 2.41. The zero-order chi connectivity index (χ0) is 13.4. The molecule has 1 aromatic rings. The van der Waals surface area contributed by atoms with Gasteiger partial charge in [0.2, 0.25) is 0 Å². The Kier molecular flexibility index (Phi) is 7.33. The molecule has 0 spiro atoms. The van der Waals surface area contributed by atoms with Crippen LogP contribution in [0, 0.1) is 0 Å². The first-order valence-electron chi connectivity index (χ1n) is 6.82. The van der Waals surface area contributed by atoms with Crippen molar-refractivity contribution in [2.45, 2.75) is 45.2 Å². The highest BCUT2D eigenvalue weighted by molar-refractivity contribution is 6.30. The van der Waals surface area contributed by atoms with Crippen LogP contribution < -0.4 is 5.73 Å². The van der Waals surface area contributed by atoms with Crippen LogP contribution in [0.15, 0.2) is 24.3 Å². The molecule has 1 rings (SSSR count). The van der Waals surface area contributed by atoms with Gasteiger partial charge in [0.25, 0.3) is 0 Å². The quantitative estimate of drug-likeness (QED) is 0.729. The Morgan fingerprint density at radius 3 is 2.72 bits per heavy atom. The summed E-state index contributed by atoms with van der Waals surface area (Å²) in [6.45, 7) is 3.86. The molecule has 0 aromatic heterocycles. The molecule has 2 nitrogen and oxygen atoms in total. The molecule has 0 fully saturated rings. The molecule has 0 bridgehead atoms. The van der Waals surface area contributed by atoms with Crippen LogP contribution in [0.1, 0.15) is 38.2 Å². The lowest BCUT2D eigenvalue weighted by molar-refractivity contribution is 0.223. The molecule has 0 saturated carbocycles. The molecule has 0 amide bonds. The molecule has 3 heteroatoms. The van der Waals surface area contributed by atoms with E-state index in [0.717, 1.165) is 18.1 Å². The number of hydrogen-bond donors (Lipinski definition) is 1. The van der Waals surface area contributed by atoms with Gasteiger partial charge in [0, 0.05) is 24.2 Å². The Balaban J connectivity index is 2.48. The molecule has 0 aliphatic heterocycles. The SMILES string of the molecule is CCCCCC(CN)N(C)Cc1cccc(Cl)c1. The highest BCUT2D eigenvalue weighted by Crippen LogP contribution is 2.15. The summed E-state index contributed by atoms with van der Waals surface area (Å²) in [5, 5.41) is 0.802. The summed E-state index contributed by atoms with van der Waals surface area (Å²) in [6, 6.07) is 8.52. The zero-order valence-corrected chi connectivity index (χ0v) is 12.3. The van der Waals surface area contributed by atoms with E-state index in [9.17, 15) is 0 Å². The minimum atomic E-state index is 0.468. The molecule has 1 atom stereocenters. The lowest BCUT2D eigenvalue weighted by Crippen LogP contribution is -2.37. The molecule has 0 aliphatic rings. The second kappa shape index (κ2) is 8.52. The lowest BCUT2D eigenvalue weighted by Gasteiger charge is -2.27. The Morgan fingerprint density at radius 1 is 1.33 bits per heavy atom. The van der Waals surface area contributed by atoms with E-state index < -0.39 is 0 Å². The van der Waals surface area contributed by atoms with Crippen molar-refractivity contribution in [3.05, 3.63) is 34.9 Å². The molecular weight excluding hydrogens is 244 g/mol. The van der Waals surface area contributed by atoms with E-state index in [0.29, 0.717) is 6.04 Å². The maximum Gasteiger partial charge on any atom is 0.0409 e.